The summed E-state index contributed by atoms with van der Waals surface area (Å²) in [7, 11) is 0. The third kappa shape index (κ3) is 7.31. The Labute approximate surface area is 166 Å². The van der Waals surface area contributed by atoms with Crippen LogP contribution in [0.15, 0.2) is 48.5 Å². The Morgan fingerprint density at radius 1 is 0.964 bits per heavy atom. The molecule has 0 fully saturated rings. The van der Waals surface area contributed by atoms with Crippen molar-refractivity contribution < 1.29 is 14.3 Å². The highest BCUT2D eigenvalue weighted by Crippen LogP contribution is 2.17. The summed E-state index contributed by atoms with van der Waals surface area (Å²) >= 11 is 0. The van der Waals surface area contributed by atoms with Crippen molar-refractivity contribution in [2.24, 2.45) is 0 Å². The normalized spacial score (nSPS) is 10.2. The Morgan fingerprint density at radius 2 is 1.75 bits per heavy atom. The van der Waals surface area contributed by atoms with Crippen molar-refractivity contribution in [3.63, 3.8) is 0 Å². The summed E-state index contributed by atoms with van der Waals surface area (Å²) in [5, 5.41) is 8.73. The molecule has 6 nitrogen and oxygen atoms in total. The van der Waals surface area contributed by atoms with E-state index in [9.17, 15) is 9.59 Å². The van der Waals surface area contributed by atoms with Gasteiger partial charge in [-0.15, -0.1) is 0 Å². The number of anilines is 2. The molecular weight excluding hydrogens is 354 g/mol. The molecule has 0 unspecified atom stereocenters. The number of ether oxygens (including phenoxy) is 1. The molecule has 6 heteroatoms. The fraction of sp³-hybridized carbons (Fsp3) is 0.364. The number of hydrogen-bond donors (Lipinski definition) is 3. The van der Waals surface area contributed by atoms with Gasteiger partial charge in [0.05, 0.1) is 13.2 Å². The summed E-state index contributed by atoms with van der Waals surface area (Å²) in [6.07, 6.45) is 2.99. The highest BCUT2D eigenvalue weighted by molar-refractivity contribution is 5.96. The molecule has 0 saturated heterocycles. The third-order valence-corrected chi connectivity index (χ3v) is 4.02. The topological polar surface area (TPSA) is 79.5 Å². The van der Waals surface area contributed by atoms with E-state index < -0.39 is 0 Å². The lowest BCUT2D eigenvalue weighted by Gasteiger charge is -2.10. The maximum atomic E-state index is 12.2. The molecule has 0 aliphatic rings. The van der Waals surface area contributed by atoms with Gasteiger partial charge in [0.2, 0.25) is 5.91 Å². The van der Waals surface area contributed by atoms with Gasteiger partial charge in [-0.3, -0.25) is 9.59 Å². The molecule has 0 heterocycles. The van der Waals surface area contributed by atoms with Gasteiger partial charge in [0.15, 0.2) is 0 Å². The number of rotatable bonds is 11. The maximum Gasteiger partial charge on any atom is 0.251 e. The van der Waals surface area contributed by atoms with Crippen LogP contribution in [-0.4, -0.2) is 31.5 Å². The van der Waals surface area contributed by atoms with E-state index in [2.05, 4.69) is 22.9 Å². The van der Waals surface area contributed by atoms with Gasteiger partial charge in [-0.1, -0.05) is 26.3 Å². The second-order valence-corrected chi connectivity index (χ2v) is 6.46. The minimum Gasteiger partial charge on any atom is -0.494 e. The van der Waals surface area contributed by atoms with E-state index in [1.165, 1.54) is 0 Å². The van der Waals surface area contributed by atoms with Gasteiger partial charge in [0, 0.05) is 29.5 Å². The molecular formula is C22H29N3O3. The lowest BCUT2D eigenvalue weighted by atomic mass is 10.2. The molecule has 0 aromatic heterocycles. The molecule has 28 heavy (non-hydrogen) atoms. The fourth-order valence-electron chi connectivity index (χ4n) is 2.46. The monoisotopic (exact) mass is 383 g/mol. The summed E-state index contributed by atoms with van der Waals surface area (Å²) in [6.45, 7) is 5.59. The van der Waals surface area contributed by atoms with E-state index in [0.29, 0.717) is 24.4 Å². The molecule has 2 aromatic rings. The zero-order valence-corrected chi connectivity index (χ0v) is 16.6. The molecule has 0 aliphatic carbocycles. The van der Waals surface area contributed by atoms with Gasteiger partial charge in [-0.05, 0) is 49.2 Å². The Balaban J connectivity index is 1.81. The predicted octanol–water partition coefficient (Wildman–Crippen LogP) is 4.06. The van der Waals surface area contributed by atoms with Gasteiger partial charge in [0.1, 0.15) is 5.75 Å². The second-order valence-electron chi connectivity index (χ2n) is 6.46. The Hall–Kier alpha value is -3.02. The maximum absolute atomic E-state index is 12.2. The highest BCUT2D eigenvalue weighted by atomic mass is 16.5. The summed E-state index contributed by atoms with van der Waals surface area (Å²) < 4.78 is 5.67. The van der Waals surface area contributed by atoms with Gasteiger partial charge in [-0.2, -0.15) is 0 Å². The zero-order chi connectivity index (χ0) is 20.2. The smallest absolute Gasteiger partial charge is 0.251 e. The third-order valence-electron chi connectivity index (χ3n) is 4.02. The Bertz CT molecular complexity index is 760. The largest absolute Gasteiger partial charge is 0.494 e. The molecule has 0 atom stereocenters. The quantitative estimate of drug-likeness (QED) is 0.511. The number of unbranched alkanes of at least 4 members (excludes halogenated alkanes) is 1. The lowest BCUT2D eigenvalue weighted by Crippen LogP contribution is -2.24. The van der Waals surface area contributed by atoms with Crippen molar-refractivity contribution in [3.8, 4) is 5.75 Å². The van der Waals surface area contributed by atoms with Crippen LogP contribution in [-0.2, 0) is 4.79 Å². The summed E-state index contributed by atoms with van der Waals surface area (Å²) in [4.78, 5) is 24.0. The number of carbonyl (C=O) groups excluding carboxylic acids is 2. The van der Waals surface area contributed by atoms with Crippen LogP contribution in [0.2, 0.25) is 0 Å². The molecule has 2 rings (SSSR count). The standard InChI is InChI=1S/C22H29N3O3/c1-3-5-14-28-20-8-6-7-19(15-20)24-16-21(26)25-18-11-9-17(10-12-18)22(27)23-13-4-2/h6-12,15,24H,3-5,13-14,16H2,1-2H3,(H,23,27)(H,25,26). The summed E-state index contributed by atoms with van der Waals surface area (Å²) in [6, 6.07) is 14.4. The van der Waals surface area contributed by atoms with Crippen LogP contribution in [0.25, 0.3) is 0 Å². The molecule has 0 aliphatic heterocycles. The Morgan fingerprint density at radius 3 is 2.46 bits per heavy atom. The number of carbonyl (C=O) groups is 2. The number of hydrogen-bond acceptors (Lipinski definition) is 4. The van der Waals surface area contributed by atoms with Crippen LogP contribution in [0.1, 0.15) is 43.5 Å². The van der Waals surface area contributed by atoms with Crippen molar-refractivity contribution in [2.75, 3.05) is 30.3 Å². The first kappa shape index (κ1) is 21.3. The van der Waals surface area contributed by atoms with Gasteiger partial charge < -0.3 is 20.7 Å². The van der Waals surface area contributed by atoms with E-state index in [4.69, 9.17) is 4.74 Å². The first-order valence-corrected chi connectivity index (χ1v) is 9.77. The zero-order valence-electron chi connectivity index (χ0n) is 16.6. The van der Waals surface area contributed by atoms with Crippen molar-refractivity contribution in [2.45, 2.75) is 33.1 Å². The van der Waals surface area contributed by atoms with Crippen LogP contribution in [0.4, 0.5) is 11.4 Å². The summed E-state index contributed by atoms with van der Waals surface area (Å²) in [5.41, 5.74) is 2.05. The van der Waals surface area contributed by atoms with Crippen LogP contribution >= 0.6 is 0 Å². The van der Waals surface area contributed by atoms with Gasteiger partial charge >= 0.3 is 0 Å². The summed E-state index contributed by atoms with van der Waals surface area (Å²) in [5.74, 6) is 0.513. The molecule has 0 bridgehead atoms. The predicted molar refractivity (Wildman–Crippen MR) is 113 cm³/mol. The molecule has 2 aromatic carbocycles. The first-order valence-electron chi connectivity index (χ1n) is 9.77. The minimum absolute atomic E-state index is 0.109. The molecule has 0 radical (unpaired) electrons. The molecule has 0 spiro atoms. The van der Waals surface area contributed by atoms with Crippen molar-refractivity contribution in [1.29, 1.82) is 0 Å². The number of amides is 2. The van der Waals surface area contributed by atoms with E-state index in [1.807, 2.05) is 31.2 Å². The first-order chi connectivity index (χ1) is 13.6. The van der Waals surface area contributed by atoms with Gasteiger partial charge in [-0.25, -0.2) is 0 Å². The SMILES string of the molecule is CCCCOc1cccc(NCC(=O)Nc2ccc(C(=O)NCCC)cc2)c1. The van der Waals surface area contributed by atoms with E-state index in [0.717, 1.165) is 30.7 Å². The average molecular weight is 383 g/mol. The van der Waals surface area contributed by atoms with Crippen LogP contribution in [0, 0.1) is 0 Å². The average Bonchev–Trinajstić information content (AvgIpc) is 2.71. The fourth-order valence-corrected chi connectivity index (χ4v) is 2.46. The lowest BCUT2D eigenvalue weighted by molar-refractivity contribution is -0.114. The van der Waals surface area contributed by atoms with Gasteiger partial charge in [0.25, 0.3) is 5.91 Å². The van der Waals surface area contributed by atoms with Crippen molar-refractivity contribution in [3.05, 3.63) is 54.1 Å². The van der Waals surface area contributed by atoms with Crippen LogP contribution in [0.5, 0.6) is 5.75 Å². The van der Waals surface area contributed by atoms with E-state index >= 15 is 0 Å². The molecule has 3 N–H and O–H groups in total. The molecule has 150 valence electrons. The van der Waals surface area contributed by atoms with Crippen molar-refractivity contribution in [1.82, 2.24) is 5.32 Å². The van der Waals surface area contributed by atoms with E-state index in [-0.39, 0.29) is 18.4 Å². The molecule has 0 saturated carbocycles. The van der Waals surface area contributed by atoms with Crippen LogP contribution in [0.3, 0.4) is 0 Å². The molecule has 2 amide bonds. The second kappa shape index (κ2) is 11.6. The Kier molecular flexibility index (Phi) is 8.85. The minimum atomic E-state index is -0.166. The van der Waals surface area contributed by atoms with Crippen molar-refractivity contribution >= 4 is 23.2 Å². The number of nitrogens with one attached hydrogen (secondary N) is 3. The number of benzene rings is 2. The van der Waals surface area contributed by atoms with E-state index in [1.54, 1.807) is 24.3 Å². The highest BCUT2D eigenvalue weighted by Gasteiger charge is 2.06. The van der Waals surface area contributed by atoms with Crippen LogP contribution < -0.4 is 20.7 Å².